The molecule has 2 heterocycles. The van der Waals surface area contributed by atoms with Crippen molar-refractivity contribution < 1.29 is 4.74 Å². The van der Waals surface area contributed by atoms with Crippen LogP contribution in [-0.2, 0) is 17.8 Å². The van der Waals surface area contributed by atoms with Gasteiger partial charge in [-0.3, -0.25) is 13.9 Å². The fourth-order valence-corrected chi connectivity index (χ4v) is 2.75. The molecule has 7 heteroatoms. The standard InChI is InChI=1S/C17H20N4O3/c1-3-20-16(22)13-15(21(17(20)23)10-7-11-24-2)19-14(18-13)12-8-5-4-6-9-12/h4-6,8-9H,3,7,10-11H2,1-2H3,(H,18,19). The Morgan fingerprint density at radius 2 is 1.92 bits per heavy atom. The number of rotatable bonds is 6. The molecule has 126 valence electrons. The SMILES string of the molecule is CCn1c(=O)c2[nH]c(-c3ccccc3)nc2n(CCCOC)c1=O. The highest BCUT2D eigenvalue weighted by Crippen LogP contribution is 2.17. The number of aromatic amines is 1. The summed E-state index contributed by atoms with van der Waals surface area (Å²) in [5.74, 6) is 0.580. The lowest BCUT2D eigenvalue weighted by Crippen LogP contribution is -2.39. The van der Waals surface area contributed by atoms with E-state index < -0.39 is 0 Å². The molecule has 0 amide bonds. The minimum absolute atomic E-state index is 0.317. The van der Waals surface area contributed by atoms with Crippen LogP contribution in [0.1, 0.15) is 13.3 Å². The van der Waals surface area contributed by atoms with Crippen LogP contribution in [0.4, 0.5) is 0 Å². The van der Waals surface area contributed by atoms with Crippen LogP contribution < -0.4 is 11.2 Å². The molecular weight excluding hydrogens is 308 g/mol. The van der Waals surface area contributed by atoms with Crippen LogP contribution in [0.2, 0.25) is 0 Å². The van der Waals surface area contributed by atoms with Crippen LogP contribution in [-0.4, -0.2) is 32.8 Å². The number of hydrogen-bond donors (Lipinski definition) is 1. The Balaban J connectivity index is 2.22. The molecule has 2 aromatic heterocycles. The quantitative estimate of drug-likeness (QED) is 0.697. The fraction of sp³-hybridized carbons (Fsp3) is 0.353. The first-order valence-corrected chi connectivity index (χ1v) is 7.95. The second-order valence-electron chi connectivity index (χ2n) is 5.48. The molecule has 0 bridgehead atoms. The number of aryl methyl sites for hydroxylation is 1. The molecule has 0 saturated carbocycles. The summed E-state index contributed by atoms with van der Waals surface area (Å²) in [7, 11) is 1.62. The molecule has 7 nitrogen and oxygen atoms in total. The van der Waals surface area contributed by atoms with E-state index >= 15 is 0 Å². The van der Waals surface area contributed by atoms with E-state index in [1.165, 1.54) is 4.57 Å². The van der Waals surface area contributed by atoms with E-state index in [2.05, 4.69) is 9.97 Å². The topological polar surface area (TPSA) is 81.9 Å². The molecule has 0 aliphatic carbocycles. The van der Waals surface area contributed by atoms with Gasteiger partial charge in [0.2, 0.25) is 0 Å². The van der Waals surface area contributed by atoms with Crippen LogP contribution in [0.3, 0.4) is 0 Å². The van der Waals surface area contributed by atoms with Gasteiger partial charge in [0.05, 0.1) is 0 Å². The average Bonchev–Trinajstić information content (AvgIpc) is 3.05. The van der Waals surface area contributed by atoms with Gasteiger partial charge in [0.1, 0.15) is 11.3 Å². The van der Waals surface area contributed by atoms with Crippen molar-refractivity contribution >= 4 is 11.2 Å². The van der Waals surface area contributed by atoms with Crippen molar-refractivity contribution in [2.45, 2.75) is 26.4 Å². The summed E-state index contributed by atoms with van der Waals surface area (Å²) in [6.07, 6.45) is 0.668. The van der Waals surface area contributed by atoms with Gasteiger partial charge in [0, 0.05) is 32.4 Å². The smallest absolute Gasteiger partial charge is 0.332 e. The molecule has 0 unspecified atom stereocenters. The summed E-state index contributed by atoms with van der Waals surface area (Å²) in [5.41, 5.74) is 0.941. The van der Waals surface area contributed by atoms with E-state index in [0.717, 1.165) is 5.56 Å². The van der Waals surface area contributed by atoms with Gasteiger partial charge < -0.3 is 9.72 Å². The Morgan fingerprint density at radius 1 is 1.17 bits per heavy atom. The van der Waals surface area contributed by atoms with Gasteiger partial charge in [-0.1, -0.05) is 30.3 Å². The summed E-state index contributed by atoms with van der Waals surface area (Å²) < 4.78 is 7.83. The third kappa shape index (κ3) is 2.78. The number of nitrogens with one attached hydrogen (secondary N) is 1. The first-order valence-electron chi connectivity index (χ1n) is 7.95. The highest BCUT2D eigenvalue weighted by atomic mass is 16.5. The average molecular weight is 328 g/mol. The van der Waals surface area contributed by atoms with Crippen LogP contribution in [0.25, 0.3) is 22.6 Å². The maximum absolute atomic E-state index is 12.6. The van der Waals surface area contributed by atoms with Crippen LogP contribution in [0, 0.1) is 0 Å². The third-order valence-electron chi connectivity index (χ3n) is 3.95. The number of fused-ring (bicyclic) bond motifs is 1. The molecule has 3 aromatic rings. The predicted molar refractivity (Wildman–Crippen MR) is 92.2 cm³/mol. The van der Waals surface area contributed by atoms with Crippen LogP contribution in [0.15, 0.2) is 39.9 Å². The Kier molecular flexibility index (Phi) is 4.61. The monoisotopic (exact) mass is 328 g/mol. The van der Waals surface area contributed by atoms with Gasteiger partial charge in [0.25, 0.3) is 5.56 Å². The van der Waals surface area contributed by atoms with Crippen molar-refractivity contribution in [1.82, 2.24) is 19.1 Å². The van der Waals surface area contributed by atoms with Gasteiger partial charge >= 0.3 is 5.69 Å². The van der Waals surface area contributed by atoms with Crippen LogP contribution in [0.5, 0.6) is 0 Å². The zero-order valence-electron chi connectivity index (χ0n) is 13.8. The van der Waals surface area contributed by atoms with E-state index in [-0.39, 0.29) is 11.2 Å². The lowest BCUT2D eigenvalue weighted by molar-refractivity contribution is 0.190. The lowest BCUT2D eigenvalue weighted by atomic mass is 10.2. The van der Waals surface area contributed by atoms with E-state index in [4.69, 9.17) is 4.74 Å². The number of H-pyrrole nitrogens is 1. The molecular formula is C17H20N4O3. The van der Waals surface area contributed by atoms with E-state index in [0.29, 0.717) is 43.1 Å². The van der Waals surface area contributed by atoms with Crippen molar-refractivity contribution in [2.24, 2.45) is 0 Å². The first-order chi connectivity index (χ1) is 11.7. The Bertz CT molecular complexity index is 954. The number of ether oxygens (including phenoxy) is 1. The summed E-state index contributed by atoms with van der Waals surface area (Å²) in [4.78, 5) is 32.8. The molecule has 0 fully saturated rings. The van der Waals surface area contributed by atoms with Crippen molar-refractivity contribution in [3.63, 3.8) is 0 Å². The molecule has 0 aliphatic rings. The summed E-state index contributed by atoms with van der Waals surface area (Å²) in [6, 6.07) is 9.53. The zero-order chi connectivity index (χ0) is 17.1. The van der Waals surface area contributed by atoms with Crippen molar-refractivity contribution in [2.75, 3.05) is 13.7 Å². The number of hydrogen-bond acceptors (Lipinski definition) is 4. The summed E-state index contributed by atoms with van der Waals surface area (Å²) in [6.45, 7) is 3.08. The number of imidazole rings is 1. The number of benzene rings is 1. The van der Waals surface area contributed by atoms with E-state index in [1.807, 2.05) is 30.3 Å². The van der Waals surface area contributed by atoms with Gasteiger partial charge in [-0.05, 0) is 13.3 Å². The number of nitrogens with zero attached hydrogens (tertiary/aromatic N) is 3. The molecule has 0 spiro atoms. The maximum atomic E-state index is 12.6. The van der Waals surface area contributed by atoms with Gasteiger partial charge in [-0.25, -0.2) is 9.78 Å². The molecule has 0 radical (unpaired) electrons. The molecule has 24 heavy (non-hydrogen) atoms. The number of methoxy groups -OCH3 is 1. The number of aromatic nitrogens is 4. The van der Waals surface area contributed by atoms with Crippen LogP contribution >= 0.6 is 0 Å². The fourth-order valence-electron chi connectivity index (χ4n) is 2.75. The predicted octanol–water partition coefficient (Wildman–Crippen LogP) is 1.61. The Morgan fingerprint density at radius 3 is 2.58 bits per heavy atom. The lowest BCUT2D eigenvalue weighted by Gasteiger charge is -2.09. The largest absolute Gasteiger partial charge is 0.385 e. The second-order valence-corrected chi connectivity index (χ2v) is 5.48. The van der Waals surface area contributed by atoms with Gasteiger partial charge in [0.15, 0.2) is 5.65 Å². The minimum atomic E-state index is -0.338. The molecule has 0 atom stereocenters. The van der Waals surface area contributed by atoms with Crippen molar-refractivity contribution in [1.29, 1.82) is 0 Å². The Labute approximate surface area is 138 Å². The highest BCUT2D eigenvalue weighted by Gasteiger charge is 2.17. The summed E-state index contributed by atoms with van der Waals surface area (Å²) in [5, 5.41) is 0. The Hall–Kier alpha value is -2.67. The van der Waals surface area contributed by atoms with Crippen molar-refractivity contribution in [3.05, 3.63) is 51.2 Å². The first kappa shape index (κ1) is 16.2. The highest BCUT2D eigenvalue weighted by molar-refractivity contribution is 5.75. The molecule has 1 N–H and O–H groups in total. The van der Waals surface area contributed by atoms with Gasteiger partial charge in [-0.2, -0.15) is 0 Å². The minimum Gasteiger partial charge on any atom is -0.385 e. The molecule has 0 aliphatic heterocycles. The zero-order valence-corrected chi connectivity index (χ0v) is 13.8. The van der Waals surface area contributed by atoms with Gasteiger partial charge in [-0.15, -0.1) is 0 Å². The molecule has 0 saturated heterocycles. The maximum Gasteiger partial charge on any atom is 0.332 e. The normalized spacial score (nSPS) is 11.2. The molecule has 1 aromatic carbocycles. The van der Waals surface area contributed by atoms with E-state index in [1.54, 1.807) is 18.6 Å². The van der Waals surface area contributed by atoms with Crippen molar-refractivity contribution in [3.8, 4) is 11.4 Å². The molecule has 3 rings (SSSR count). The second kappa shape index (κ2) is 6.84. The van der Waals surface area contributed by atoms with E-state index in [9.17, 15) is 9.59 Å². The third-order valence-corrected chi connectivity index (χ3v) is 3.95. The summed E-state index contributed by atoms with van der Waals surface area (Å²) >= 11 is 0.